The van der Waals surface area contributed by atoms with E-state index in [2.05, 4.69) is 29.7 Å². The van der Waals surface area contributed by atoms with Gasteiger partial charge in [0, 0.05) is 12.2 Å². The lowest BCUT2D eigenvalue weighted by molar-refractivity contribution is 0.0597. The van der Waals surface area contributed by atoms with Gasteiger partial charge in [0.2, 0.25) is 0 Å². The van der Waals surface area contributed by atoms with Crippen LogP contribution in [0.3, 0.4) is 0 Å². The second-order valence-electron chi connectivity index (χ2n) is 5.38. The van der Waals surface area contributed by atoms with Crippen LogP contribution >= 0.6 is 12.2 Å². The largest absolute Gasteiger partial charge is 0.496 e. The number of thiocarbonyl (C=S) groups is 1. The molecule has 0 spiro atoms. The van der Waals surface area contributed by atoms with Crippen molar-refractivity contribution in [3.05, 3.63) is 59.2 Å². The predicted octanol–water partition coefficient (Wildman–Crippen LogP) is 3.53. The van der Waals surface area contributed by atoms with Gasteiger partial charge in [0.25, 0.3) is 0 Å². The molecule has 0 heterocycles. The SMILES string of the molecule is CCc1ccc(NC(=S)NCc2ccc(OC)c(C(=O)OC)c2)cc1. The minimum Gasteiger partial charge on any atom is -0.496 e. The third kappa shape index (κ3) is 5.19. The summed E-state index contributed by atoms with van der Waals surface area (Å²) in [4.78, 5) is 11.8. The zero-order chi connectivity index (χ0) is 18.2. The number of esters is 1. The number of rotatable bonds is 6. The van der Waals surface area contributed by atoms with Crippen molar-refractivity contribution in [3.63, 3.8) is 0 Å². The van der Waals surface area contributed by atoms with Gasteiger partial charge in [0.1, 0.15) is 11.3 Å². The first kappa shape index (κ1) is 18.7. The highest BCUT2D eigenvalue weighted by Gasteiger charge is 2.13. The Morgan fingerprint density at radius 1 is 1.08 bits per heavy atom. The van der Waals surface area contributed by atoms with Crippen molar-refractivity contribution < 1.29 is 14.3 Å². The number of ether oxygens (including phenoxy) is 2. The molecule has 0 saturated heterocycles. The van der Waals surface area contributed by atoms with Crippen molar-refractivity contribution >= 4 is 29.0 Å². The Balaban J connectivity index is 1.97. The fourth-order valence-electron chi connectivity index (χ4n) is 2.32. The summed E-state index contributed by atoms with van der Waals surface area (Å²) in [5, 5.41) is 6.78. The average Bonchev–Trinajstić information content (AvgIpc) is 2.66. The molecule has 0 aromatic heterocycles. The summed E-state index contributed by atoms with van der Waals surface area (Å²) in [6.45, 7) is 2.60. The van der Waals surface area contributed by atoms with Crippen molar-refractivity contribution in [2.24, 2.45) is 0 Å². The van der Waals surface area contributed by atoms with Gasteiger partial charge in [-0.3, -0.25) is 0 Å². The quantitative estimate of drug-likeness (QED) is 0.608. The zero-order valence-electron chi connectivity index (χ0n) is 14.6. The van der Waals surface area contributed by atoms with Gasteiger partial charge in [-0.25, -0.2) is 4.79 Å². The van der Waals surface area contributed by atoms with Crippen molar-refractivity contribution in [1.29, 1.82) is 0 Å². The molecule has 5 nitrogen and oxygen atoms in total. The lowest BCUT2D eigenvalue weighted by atomic mass is 10.1. The Kier molecular flexibility index (Phi) is 6.77. The fraction of sp³-hybridized carbons (Fsp3) is 0.263. The van der Waals surface area contributed by atoms with Crippen molar-refractivity contribution in [2.45, 2.75) is 19.9 Å². The Labute approximate surface area is 153 Å². The van der Waals surface area contributed by atoms with Gasteiger partial charge in [0.15, 0.2) is 5.11 Å². The van der Waals surface area contributed by atoms with Crippen LogP contribution in [0.2, 0.25) is 0 Å². The Morgan fingerprint density at radius 2 is 1.76 bits per heavy atom. The normalized spacial score (nSPS) is 10.0. The molecule has 2 N–H and O–H groups in total. The molecule has 0 bridgehead atoms. The van der Waals surface area contributed by atoms with Gasteiger partial charge >= 0.3 is 5.97 Å². The van der Waals surface area contributed by atoms with E-state index >= 15 is 0 Å². The van der Waals surface area contributed by atoms with Gasteiger partial charge in [-0.05, 0) is 54.0 Å². The van der Waals surface area contributed by atoms with E-state index in [0.29, 0.717) is 23.0 Å². The zero-order valence-corrected chi connectivity index (χ0v) is 15.4. The van der Waals surface area contributed by atoms with E-state index in [0.717, 1.165) is 17.7 Å². The van der Waals surface area contributed by atoms with Crippen LogP contribution in [-0.2, 0) is 17.7 Å². The smallest absolute Gasteiger partial charge is 0.341 e. The molecule has 2 aromatic carbocycles. The summed E-state index contributed by atoms with van der Waals surface area (Å²) in [6.07, 6.45) is 1.00. The standard InChI is InChI=1S/C19H22N2O3S/c1-4-13-5-8-15(9-6-13)21-19(25)20-12-14-7-10-17(23-2)16(11-14)18(22)24-3/h5-11H,4,12H2,1-3H3,(H2,20,21,25). The maximum atomic E-state index is 11.8. The van der Waals surface area contributed by atoms with E-state index in [1.54, 1.807) is 12.1 Å². The number of carbonyl (C=O) groups is 1. The summed E-state index contributed by atoms with van der Waals surface area (Å²) >= 11 is 5.31. The topological polar surface area (TPSA) is 59.6 Å². The third-order valence-electron chi connectivity index (χ3n) is 3.74. The van der Waals surface area contributed by atoms with Crippen molar-refractivity contribution in [3.8, 4) is 5.75 Å². The molecule has 0 unspecified atom stereocenters. The maximum Gasteiger partial charge on any atom is 0.341 e. The van der Waals surface area contributed by atoms with E-state index in [1.807, 2.05) is 18.2 Å². The maximum absolute atomic E-state index is 11.8. The molecule has 0 aliphatic rings. The molecule has 0 aliphatic carbocycles. The molecule has 0 amide bonds. The Morgan fingerprint density at radius 3 is 2.36 bits per heavy atom. The van der Waals surface area contributed by atoms with Gasteiger partial charge in [-0.1, -0.05) is 25.1 Å². The van der Waals surface area contributed by atoms with Crippen LogP contribution in [0.4, 0.5) is 5.69 Å². The Bertz CT molecular complexity index is 745. The van der Waals surface area contributed by atoms with E-state index in [1.165, 1.54) is 19.8 Å². The summed E-state index contributed by atoms with van der Waals surface area (Å²) in [5.41, 5.74) is 3.49. The highest BCUT2D eigenvalue weighted by atomic mass is 32.1. The molecular formula is C19H22N2O3S. The second kappa shape index (κ2) is 9.03. The van der Waals surface area contributed by atoms with Gasteiger partial charge in [0.05, 0.1) is 14.2 Å². The van der Waals surface area contributed by atoms with Crippen LogP contribution in [0.1, 0.15) is 28.4 Å². The molecule has 2 rings (SSSR count). The van der Waals surface area contributed by atoms with E-state index in [4.69, 9.17) is 21.7 Å². The number of hydrogen-bond acceptors (Lipinski definition) is 4. The number of benzene rings is 2. The number of nitrogens with one attached hydrogen (secondary N) is 2. The summed E-state index contributed by atoms with van der Waals surface area (Å²) < 4.78 is 9.97. The summed E-state index contributed by atoms with van der Waals surface area (Å²) in [5.74, 6) is 0.0442. The van der Waals surface area contributed by atoms with E-state index < -0.39 is 5.97 Å². The molecule has 132 valence electrons. The molecule has 0 saturated carbocycles. The lowest BCUT2D eigenvalue weighted by Gasteiger charge is -2.13. The van der Waals surface area contributed by atoms with Gasteiger partial charge in [-0.15, -0.1) is 0 Å². The third-order valence-corrected chi connectivity index (χ3v) is 3.99. The lowest BCUT2D eigenvalue weighted by Crippen LogP contribution is -2.28. The Hall–Kier alpha value is -2.60. The van der Waals surface area contributed by atoms with Crippen LogP contribution in [0.5, 0.6) is 5.75 Å². The molecule has 0 atom stereocenters. The minimum atomic E-state index is -0.435. The van der Waals surface area contributed by atoms with Crippen molar-refractivity contribution in [1.82, 2.24) is 5.32 Å². The van der Waals surface area contributed by atoms with E-state index in [-0.39, 0.29) is 0 Å². The highest BCUT2D eigenvalue weighted by molar-refractivity contribution is 7.80. The van der Waals surface area contributed by atoms with Crippen LogP contribution in [0.15, 0.2) is 42.5 Å². The first-order valence-electron chi connectivity index (χ1n) is 7.96. The number of aryl methyl sites for hydroxylation is 1. The number of carbonyl (C=O) groups excluding carboxylic acids is 1. The molecular weight excluding hydrogens is 336 g/mol. The van der Waals surface area contributed by atoms with Crippen molar-refractivity contribution in [2.75, 3.05) is 19.5 Å². The molecule has 25 heavy (non-hydrogen) atoms. The monoisotopic (exact) mass is 358 g/mol. The first-order valence-corrected chi connectivity index (χ1v) is 8.37. The van der Waals surface area contributed by atoms with Gasteiger partial charge < -0.3 is 20.1 Å². The number of methoxy groups -OCH3 is 2. The van der Waals surface area contributed by atoms with E-state index in [9.17, 15) is 4.79 Å². The van der Waals surface area contributed by atoms with Gasteiger partial charge in [-0.2, -0.15) is 0 Å². The minimum absolute atomic E-state index is 0.387. The average molecular weight is 358 g/mol. The summed E-state index contributed by atoms with van der Waals surface area (Å²) in [6, 6.07) is 13.5. The molecule has 2 aromatic rings. The fourth-order valence-corrected chi connectivity index (χ4v) is 2.51. The van der Waals surface area contributed by atoms with Crippen LogP contribution in [0, 0.1) is 0 Å². The number of anilines is 1. The van der Waals surface area contributed by atoms with Crippen LogP contribution < -0.4 is 15.4 Å². The van der Waals surface area contributed by atoms with Crippen LogP contribution in [0.25, 0.3) is 0 Å². The first-order chi connectivity index (χ1) is 12.1. The summed E-state index contributed by atoms with van der Waals surface area (Å²) in [7, 11) is 2.86. The van der Waals surface area contributed by atoms with Crippen LogP contribution in [-0.4, -0.2) is 25.3 Å². The second-order valence-corrected chi connectivity index (χ2v) is 5.79. The highest BCUT2D eigenvalue weighted by Crippen LogP contribution is 2.20. The molecule has 0 aliphatic heterocycles. The molecule has 0 radical (unpaired) electrons. The molecule has 6 heteroatoms. The molecule has 0 fully saturated rings. The predicted molar refractivity (Wildman–Crippen MR) is 103 cm³/mol. The number of hydrogen-bond donors (Lipinski definition) is 2.